The van der Waals surface area contributed by atoms with Crippen LogP contribution in [0.2, 0.25) is 0 Å². The molecule has 0 saturated carbocycles. The molecular weight excluding hydrogens is 376 g/mol. The summed E-state index contributed by atoms with van der Waals surface area (Å²) >= 11 is 1.45. The summed E-state index contributed by atoms with van der Waals surface area (Å²) in [7, 11) is 0. The van der Waals surface area contributed by atoms with E-state index in [1.54, 1.807) is 10.9 Å². The number of rotatable bonds is 6. The maximum absolute atomic E-state index is 11.3. The lowest BCUT2D eigenvalue weighted by atomic mass is 10.2. The first-order chi connectivity index (χ1) is 13.7. The van der Waals surface area contributed by atoms with Crippen molar-refractivity contribution in [3.8, 4) is 17.1 Å². The van der Waals surface area contributed by atoms with Crippen molar-refractivity contribution >= 4 is 23.4 Å². The molecule has 2 aromatic carbocycles. The van der Waals surface area contributed by atoms with Crippen LogP contribution in [0, 0.1) is 0 Å². The van der Waals surface area contributed by atoms with E-state index in [1.807, 2.05) is 54.6 Å². The molecule has 0 unspecified atom stereocenters. The van der Waals surface area contributed by atoms with Gasteiger partial charge in [0.25, 0.3) is 0 Å². The molecule has 0 aliphatic carbocycles. The lowest BCUT2D eigenvalue weighted by molar-refractivity contribution is -0.114. The largest absolute Gasteiger partial charge is 0.444 e. The van der Waals surface area contributed by atoms with Gasteiger partial charge in [-0.05, 0) is 40.8 Å². The van der Waals surface area contributed by atoms with Gasteiger partial charge in [0.05, 0.1) is 11.4 Å². The second-order valence-electron chi connectivity index (χ2n) is 5.90. The minimum Gasteiger partial charge on any atom is -0.444 e. The Bertz CT molecular complexity index is 1090. The Kier molecular flexibility index (Phi) is 5.16. The zero-order valence-corrected chi connectivity index (χ0v) is 15.8. The van der Waals surface area contributed by atoms with E-state index in [9.17, 15) is 4.79 Å². The van der Waals surface area contributed by atoms with Gasteiger partial charge in [-0.25, -0.2) is 4.98 Å². The molecular formula is C19H16N6O2S. The normalized spacial score (nSPS) is 10.8. The van der Waals surface area contributed by atoms with E-state index in [4.69, 9.17) is 4.42 Å². The number of carbonyl (C=O) groups is 1. The molecule has 1 amide bonds. The van der Waals surface area contributed by atoms with Gasteiger partial charge in [-0.15, -0.1) is 5.10 Å². The van der Waals surface area contributed by atoms with E-state index in [2.05, 4.69) is 25.8 Å². The number of tetrazole rings is 1. The van der Waals surface area contributed by atoms with Crippen LogP contribution >= 0.6 is 11.8 Å². The first-order valence-electron chi connectivity index (χ1n) is 8.48. The Hall–Kier alpha value is -3.46. The lowest BCUT2D eigenvalue weighted by Gasteiger charge is -2.06. The topological polar surface area (TPSA) is 98.7 Å². The fourth-order valence-electron chi connectivity index (χ4n) is 2.57. The van der Waals surface area contributed by atoms with Crippen LogP contribution in [0.4, 0.5) is 5.69 Å². The molecule has 28 heavy (non-hydrogen) atoms. The molecule has 1 N–H and O–H groups in total. The van der Waals surface area contributed by atoms with Crippen LogP contribution in [0.25, 0.3) is 17.1 Å². The molecule has 8 nitrogen and oxygen atoms in total. The van der Waals surface area contributed by atoms with Gasteiger partial charge in [-0.1, -0.05) is 36.0 Å². The Morgan fingerprint density at radius 2 is 2.04 bits per heavy atom. The molecule has 0 bridgehead atoms. The van der Waals surface area contributed by atoms with Crippen molar-refractivity contribution in [3.63, 3.8) is 0 Å². The monoisotopic (exact) mass is 392 g/mol. The molecule has 2 aromatic heterocycles. The Morgan fingerprint density at radius 3 is 2.86 bits per heavy atom. The predicted octanol–water partition coefficient (Wildman–Crippen LogP) is 3.57. The van der Waals surface area contributed by atoms with E-state index in [1.165, 1.54) is 18.7 Å². The Balaban J connectivity index is 1.48. The molecule has 2 heterocycles. The Morgan fingerprint density at radius 1 is 1.18 bits per heavy atom. The highest BCUT2D eigenvalue weighted by Crippen LogP contribution is 2.25. The molecule has 0 aliphatic heterocycles. The summed E-state index contributed by atoms with van der Waals surface area (Å²) in [5.74, 6) is 1.00. The lowest BCUT2D eigenvalue weighted by Crippen LogP contribution is -2.07. The van der Waals surface area contributed by atoms with Crippen LogP contribution in [0.5, 0.6) is 0 Å². The second kappa shape index (κ2) is 8.05. The molecule has 0 radical (unpaired) electrons. The van der Waals surface area contributed by atoms with Crippen molar-refractivity contribution in [2.24, 2.45) is 0 Å². The second-order valence-corrected chi connectivity index (χ2v) is 6.85. The average Bonchev–Trinajstić information content (AvgIpc) is 3.36. The number of amides is 1. The number of oxazole rings is 1. The highest BCUT2D eigenvalue weighted by atomic mass is 32.2. The summed E-state index contributed by atoms with van der Waals surface area (Å²) in [5.41, 5.74) is 3.16. The van der Waals surface area contributed by atoms with Crippen molar-refractivity contribution in [1.29, 1.82) is 0 Å². The SMILES string of the molecule is CC(=O)Nc1cccc(-n2nnnc2SCc2coc(-c3ccccc3)n2)c1. The number of anilines is 1. The quantitative estimate of drug-likeness (QED) is 0.501. The molecule has 4 aromatic rings. The van der Waals surface area contributed by atoms with Crippen LogP contribution in [0.1, 0.15) is 12.6 Å². The fourth-order valence-corrected chi connectivity index (χ4v) is 3.34. The van der Waals surface area contributed by atoms with Gasteiger partial charge in [0.15, 0.2) is 0 Å². The summed E-state index contributed by atoms with van der Waals surface area (Å²) in [6.07, 6.45) is 1.64. The zero-order chi connectivity index (χ0) is 19.3. The standard InChI is InChI=1S/C19H16N6O2S/c1-13(26)20-15-8-5-9-17(10-15)25-19(22-23-24-25)28-12-16-11-27-18(21-16)14-6-3-2-4-7-14/h2-11H,12H2,1H3,(H,20,26). The van der Waals surface area contributed by atoms with Gasteiger partial charge in [-0.2, -0.15) is 4.68 Å². The van der Waals surface area contributed by atoms with Gasteiger partial charge in [0.1, 0.15) is 6.26 Å². The third kappa shape index (κ3) is 4.09. The number of hydrogen-bond acceptors (Lipinski definition) is 7. The fraction of sp³-hybridized carbons (Fsp3) is 0.105. The molecule has 9 heteroatoms. The summed E-state index contributed by atoms with van der Waals surface area (Å²) in [4.78, 5) is 15.8. The van der Waals surface area contributed by atoms with E-state index in [-0.39, 0.29) is 5.91 Å². The molecule has 140 valence electrons. The minimum absolute atomic E-state index is 0.135. The summed E-state index contributed by atoms with van der Waals surface area (Å²) in [6.45, 7) is 1.46. The Labute approximate surface area is 165 Å². The molecule has 0 saturated heterocycles. The highest BCUT2D eigenvalue weighted by Gasteiger charge is 2.12. The van der Waals surface area contributed by atoms with Gasteiger partial charge in [0.2, 0.25) is 17.0 Å². The molecule has 4 rings (SSSR count). The molecule has 0 fully saturated rings. The average molecular weight is 392 g/mol. The van der Waals surface area contributed by atoms with Crippen LogP contribution < -0.4 is 5.32 Å². The number of nitrogens with zero attached hydrogens (tertiary/aromatic N) is 5. The van der Waals surface area contributed by atoms with Crippen molar-refractivity contribution in [2.75, 3.05) is 5.32 Å². The third-order valence-corrected chi connectivity index (χ3v) is 4.73. The van der Waals surface area contributed by atoms with Gasteiger partial charge in [-0.3, -0.25) is 4.79 Å². The van der Waals surface area contributed by atoms with Gasteiger partial charge >= 0.3 is 0 Å². The van der Waals surface area contributed by atoms with E-state index in [0.717, 1.165) is 16.9 Å². The van der Waals surface area contributed by atoms with E-state index >= 15 is 0 Å². The van der Waals surface area contributed by atoms with Crippen molar-refractivity contribution in [2.45, 2.75) is 17.8 Å². The van der Waals surface area contributed by atoms with Crippen molar-refractivity contribution in [1.82, 2.24) is 25.2 Å². The van der Waals surface area contributed by atoms with Crippen LogP contribution in [0.3, 0.4) is 0 Å². The molecule has 0 spiro atoms. The number of aromatic nitrogens is 5. The number of hydrogen-bond donors (Lipinski definition) is 1. The van der Waals surface area contributed by atoms with Crippen LogP contribution in [-0.4, -0.2) is 31.1 Å². The predicted molar refractivity (Wildman–Crippen MR) is 105 cm³/mol. The molecule has 0 atom stereocenters. The summed E-state index contributed by atoms with van der Waals surface area (Å²) in [6, 6.07) is 17.1. The number of benzene rings is 2. The highest BCUT2D eigenvalue weighted by molar-refractivity contribution is 7.98. The van der Waals surface area contributed by atoms with Crippen molar-refractivity contribution in [3.05, 3.63) is 66.6 Å². The minimum atomic E-state index is -0.135. The van der Waals surface area contributed by atoms with Crippen molar-refractivity contribution < 1.29 is 9.21 Å². The number of nitrogens with one attached hydrogen (secondary N) is 1. The molecule has 0 aliphatic rings. The van der Waals surface area contributed by atoms with Crippen LogP contribution in [-0.2, 0) is 10.5 Å². The third-order valence-electron chi connectivity index (χ3n) is 3.77. The van der Waals surface area contributed by atoms with E-state index < -0.39 is 0 Å². The maximum Gasteiger partial charge on any atom is 0.226 e. The maximum atomic E-state index is 11.3. The summed E-state index contributed by atoms with van der Waals surface area (Å²) < 4.78 is 7.18. The summed E-state index contributed by atoms with van der Waals surface area (Å²) in [5, 5.41) is 15.3. The van der Waals surface area contributed by atoms with Gasteiger partial charge < -0.3 is 9.73 Å². The number of carbonyl (C=O) groups excluding carboxylic acids is 1. The zero-order valence-electron chi connectivity index (χ0n) is 14.9. The smallest absolute Gasteiger partial charge is 0.226 e. The van der Waals surface area contributed by atoms with Gasteiger partial charge in [0, 0.05) is 23.9 Å². The number of thioether (sulfide) groups is 1. The van der Waals surface area contributed by atoms with Crippen LogP contribution in [0.15, 0.2) is 70.4 Å². The first-order valence-corrected chi connectivity index (χ1v) is 9.46. The van der Waals surface area contributed by atoms with E-state index in [0.29, 0.717) is 22.5 Å². The first kappa shape index (κ1) is 17.9.